The van der Waals surface area contributed by atoms with Crippen molar-refractivity contribution in [3.05, 3.63) is 54.2 Å². The van der Waals surface area contributed by atoms with Gasteiger partial charge in [-0.05, 0) is 17.7 Å². The molecule has 26 heavy (non-hydrogen) atoms. The van der Waals surface area contributed by atoms with Gasteiger partial charge >= 0.3 is 6.36 Å². The molecule has 3 rings (SSSR count). The van der Waals surface area contributed by atoms with Gasteiger partial charge in [-0.2, -0.15) is 0 Å². The Morgan fingerprint density at radius 2 is 1.85 bits per heavy atom. The van der Waals surface area contributed by atoms with E-state index >= 15 is 0 Å². The van der Waals surface area contributed by atoms with E-state index in [2.05, 4.69) is 32.1 Å². The molecule has 1 atom stereocenters. The second-order valence-electron chi connectivity index (χ2n) is 5.88. The van der Waals surface area contributed by atoms with Crippen LogP contribution in [0.3, 0.4) is 0 Å². The molecule has 1 aromatic carbocycles. The van der Waals surface area contributed by atoms with Crippen molar-refractivity contribution in [3.63, 3.8) is 0 Å². The topological polar surface area (TPSA) is 46.6 Å². The number of rotatable bonds is 6. The van der Waals surface area contributed by atoms with Crippen molar-refractivity contribution < 1.29 is 22.6 Å². The molecule has 0 saturated carbocycles. The van der Waals surface area contributed by atoms with Crippen LogP contribution in [0.4, 0.5) is 19.0 Å². The van der Waals surface area contributed by atoms with Gasteiger partial charge in [0.25, 0.3) is 0 Å². The lowest BCUT2D eigenvalue weighted by Crippen LogP contribution is -2.41. The monoisotopic (exact) mass is 367 g/mol. The number of nitrogens with one attached hydrogen (secondary N) is 1. The third-order valence-corrected chi connectivity index (χ3v) is 4.12. The molecule has 0 radical (unpaired) electrons. The van der Waals surface area contributed by atoms with E-state index in [1.807, 2.05) is 18.2 Å². The van der Waals surface area contributed by atoms with Gasteiger partial charge in [0, 0.05) is 19.6 Å². The molecule has 0 amide bonds. The first-order valence-electron chi connectivity index (χ1n) is 8.34. The predicted molar refractivity (Wildman–Crippen MR) is 91.0 cm³/mol. The van der Waals surface area contributed by atoms with Crippen molar-refractivity contribution in [1.82, 2.24) is 9.88 Å². The molecule has 0 aliphatic carbocycles. The Hall–Kier alpha value is -2.32. The Labute approximate surface area is 149 Å². The van der Waals surface area contributed by atoms with Crippen molar-refractivity contribution in [2.75, 3.05) is 38.2 Å². The average Bonchev–Trinajstić information content (AvgIpc) is 2.64. The SMILES string of the molecule is FC(F)(F)Oc1ccc(NCC(c2ccccc2)N2CCOCC2)nc1. The molecule has 0 bridgehead atoms. The molecule has 5 nitrogen and oxygen atoms in total. The normalized spacial score (nSPS) is 16.9. The maximum absolute atomic E-state index is 12.2. The van der Waals surface area contributed by atoms with E-state index < -0.39 is 6.36 Å². The summed E-state index contributed by atoms with van der Waals surface area (Å²) >= 11 is 0. The van der Waals surface area contributed by atoms with Gasteiger partial charge in [0.05, 0.1) is 25.5 Å². The van der Waals surface area contributed by atoms with Crippen LogP contribution >= 0.6 is 0 Å². The second kappa shape index (κ2) is 8.37. The smallest absolute Gasteiger partial charge is 0.404 e. The fourth-order valence-corrected chi connectivity index (χ4v) is 2.90. The summed E-state index contributed by atoms with van der Waals surface area (Å²) in [6, 6.07) is 12.9. The molecule has 1 aliphatic rings. The fourth-order valence-electron chi connectivity index (χ4n) is 2.90. The molecular formula is C18H20F3N3O2. The number of anilines is 1. The Bertz CT molecular complexity index is 674. The number of ether oxygens (including phenoxy) is 2. The van der Waals surface area contributed by atoms with Gasteiger partial charge in [0.2, 0.25) is 0 Å². The summed E-state index contributed by atoms with van der Waals surface area (Å²) in [6.07, 6.45) is -3.66. The molecule has 0 spiro atoms. The molecule has 1 aromatic heterocycles. The van der Waals surface area contributed by atoms with E-state index in [0.29, 0.717) is 25.6 Å². The molecule has 8 heteroatoms. The lowest BCUT2D eigenvalue weighted by molar-refractivity contribution is -0.274. The largest absolute Gasteiger partial charge is 0.573 e. The number of pyridine rings is 1. The summed E-state index contributed by atoms with van der Waals surface area (Å²) in [5, 5.41) is 3.20. The number of alkyl halides is 3. The molecule has 1 saturated heterocycles. The summed E-state index contributed by atoms with van der Waals surface area (Å²) in [5.41, 5.74) is 1.17. The van der Waals surface area contributed by atoms with E-state index in [9.17, 15) is 13.2 Å². The van der Waals surface area contributed by atoms with E-state index in [4.69, 9.17) is 4.74 Å². The number of hydrogen-bond donors (Lipinski definition) is 1. The predicted octanol–water partition coefficient (Wildman–Crippen LogP) is 3.47. The Balaban J connectivity index is 1.65. The molecule has 1 aliphatic heterocycles. The highest BCUT2D eigenvalue weighted by Gasteiger charge is 2.31. The zero-order chi connectivity index (χ0) is 18.4. The first kappa shape index (κ1) is 18.5. The summed E-state index contributed by atoms with van der Waals surface area (Å²) in [4.78, 5) is 6.32. The highest BCUT2D eigenvalue weighted by atomic mass is 19.4. The minimum atomic E-state index is -4.72. The van der Waals surface area contributed by atoms with Gasteiger partial charge in [-0.1, -0.05) is 30.3 Å². The van der Waals surface area contributed by atoms with Crippen LogP contribution in [-0.2, 0) is 4.74 Å². The quantitative estimate of drug-likeness (QED) is 0.847. The highest BCUT2D eigenvalue weighted by Crippen LogP contribution is 2.24. The molecule has 2 heterocycles. The van der Waals surface area contributed by atoms with Crippen LogP contribution in [0.2, 0.25) is 0 Å². The summed E-state index contributed by atoms with van der Waals surface area (Å²) < 4.78 is 45.9. The lowest BCUT2D eigenvalue weighted by atomic mass is 10.0. The van der Waals surface area contributed by atoms with Crippen LogP contribution in [0.1, 0.15) is 11.6 Å². The van der Waals surface area contributed by atoms with Crippen LogP contribution < -0.4 is 10.1 Å². The van der Waals surface area contributed by atoms with E-state index in [1.165, 1.54) is 17.7 Å². The Morgan fingerprint density at radius 3 is 2.46 bits per heavy atom. The summed E-state index contributed by atoms with van der Waals surface area (Å²) in [6.45, 7) is 3.60. The van der Waals surface area contributed by atoms with E-state index in [-0.39, 0.29) is 11.8 Å². The maximum Gasteiger partial charge on any atom is 0.573 e. The maximum atomic E-state index is 12.2. The van der Waals surface area contributed by atoms with Gasteiger partial charge in [-0.3, -0.25) is 4.90 Å². The van der Waals surface area contributed by atoms with E-state index in [0.717, 1.165) is 19.3 Å². The number of halogens is 3. The molecule has 1 unspecified atom stereocenters. The molecule has 1 fully saturated rings. The van der Waals surface area contributed by atoms with Gasteiger partial charge in [-0.15, -0.1) is 13.2 Å². The van der Waals surface area contributed by atoms with Gasteiger partial charge in [-0.25, -0.2) is 4.98 Å². The molecular weight excluding hydrogens is 347 g/mol. The van der Waals surface area contributed by atoms with Crippen molar-refractivity contribution in [2.24, 2.45) is 0 Å². The molecule has 140 valence electrons. The second-order valence-corrected chi connectivity index (χ2v) is 5.88. The van der Waals surface area contributed by atoms with Crippen molar-refractivity contribution in [2.45, 2.75) is 12.4 Å². The number of aromatic nitrogens is 1. The van der Waals surface area contributed by atoms with Crippen LogP contribution in [-0.4, -0.2) is 49.1 Å². The third kappa shape index (κ3) is 5.34. The number of nitrogens with zero attached hydrogens (tertiary/aromatic N) is 2. The van der Waals surface area contributed by atoms with Crippen LogP contribution in [0.5, 0.6) is 5.75 Å². The van der Waals surface area contributed by atoms with Crippen molar-refractivity contribution in [3.8, 4) is 5.75 Å². The minimum Gasteiger partial charge on any atom is -0.404 e. The van der Waals surface area contributed by atoms with E-state index in [1.54, 1.807) is 0 Å². The lowest BCUT2D eigenvalue weighted by Gasteiger charge is -2.35. The zero-order valence-electron chi connectivity index (χ0n) is 14.1. The Kier molecular flexibility index (Phi) is 5.95. The van der Waals surface area contributed by atoms with Crippen molar-refractivity contribution in [1.29, 1.82) is 0 Å². The number of morpholine rings is 1. The highest BCUT2D eigenvalue weighted by molar-refractivity contribution is 5.38. The first-order valence-corrected chi connectivity index (χ1v) is 8.34. The number of benzene rings is 1. The van der Waals surface area contributed by atoms with Gasteiger partial charge in [0.1, 0.15) is 11.6 Å². The van der Waals surface area contributed by atoms with Gasteiger partial charge in [0.15, 0.2) is 0 Å². The first-order chi connectivity index (χ1) is 12.5. The summed E-state index contributed by atoms with van der Waals surface area (Å²) in [7, 11) is 0. The molecule has 1 N–H and O–H groups in total. The average molecular weight is 367 g/mol. The van der Waals surface area contributed by atoms with Gasteiger partial charge < -0.3 is 14.8 Å². The number of hydrogen-bond acceptors (Lipinski definition) is 5. The summed E-state index contributed by atoms with van der Waals surface area (Å²) in [5.74, 6) is 0.157. The zero-order valence-corrected chi connectivity index (χ0v) is 14.1. The van der Waals surface area contributed by atoms with Crippen LogP contribution in [0.25, 0.3) is 0 Å². The van der Waals surface area contributed by atoms with Crippen molar-refractivity contribution >= 4 is 5.82 Å². The molecule has 2 aromatic rings. The van der Waals surface area contributed by atoms with Crippen LogP contribution in [0.15, 0.2) is 48.7 Å². The fraction of sp³-hybridized carbons (Fsp3) is 0.389. The Morgan fingerprint density at radius 1 is 1.12 bits per heavy atom. The third-order valence-electron chi connectivity index (χ3n) is 4.12. The van der Waals surface area contributed by atoms with Crippen LogP contribution in [0, 0.1) is 0 Å². The standard InChI is InChI=1S/C18H20F3N3O2/c19-18(20,21)26-15-6-7-17(22-12-15)23-13-16(14-4-2-1-3-5-14)24-8-10-25-11-9-24/h1-7,12,16H,8-11,13H2,(H,22,23). The minimum absolute atomic E-state index is 0.119.